The molecule has 1 aromatic carbocycles. The van der Waals surface area contributed by atoms with Crippen molar-refractivity contribution >= 4 is 21.9 Å². The zero-order chi connectivity index (χ0) is 15.6. The normalized spacial score (nSPS) is 25.2. The number of benzene rings is 1. The third-order valence-electron chi connectivity index (χ3n) is 4.58. The van der Waals surface area contributed by atoms with Crippen molar-refractivity contribution in [3.8, 4) is 0 Å². The number of aliphatic imine (C=N–C) groups is 1. The molecule has 22 heavy (non-hydrogen) atoms. The van der Waals surface area contributed by atoms with Gasteiger partial charge < -0.3 is 15.0 Å². The molecule has 0 amide bonds. The summed E-state index contributed by atoms with van der Waals surface area (Å²) in [7, 11) is 1.79. The second-order valence-corrected chi connectivity index (χ2v) is 6.96. The topological polar surface area (TPSA) is 36.9 Å². The maximum atomic E-state index is 13.4. The lowest BCUT2D eigenvalue weighted by molar-refractivity contribution is 0.156. The molecule has 2 saturated heterocycles. The maximum absolute atomic E-state index is 13.4. The molecule has 4 nitrogen and oxygen atoms in total. The molecule has 1 N–H and O–H groups in total. The van der Waals surface area contributed by atoms with Crippen LogP contribution >= 0.6 is 15.9 Å². The zero-order valence-corrected chi connectivity index (χ0v) is 14.3. The quantitative estimate of drug-likeness (QED) is 0.643. The first-order valence-corrected chi connectivity index (χ1v) is 8.38. The van der Waals surface area contributed by atoms with Crippen molar-refractivity contribution in [3.63, 3.8) is 0 Å². The van der Waals surface area contributed by atoms with Crippen molar-refractivity contribution in [2.75, 3.05) is 33.4 Å². The Hall–Kier alpha value is -1.14. The molecule has 0 aromatic heterocycles. The zero-order valence-electron chi connectivity index (χ0n) is 12.7. The molecule has 120 valence electrons. The maximum Gasteiger partial charge on any atom is 0.193 e. The molecule has 2 aliphatic rings. The van der Waals surface area contributed by atoms with Gasteiger partial charge in [0, 0.05) is 43.2 Å². The first-order valence-electron chi connectivity index (χ1n) is 7.59. The van der Waals surface area contributed by atoms with Crippen LogP contribution in [0, 0.1) is 11.2 Å². The van der Waals surface area contributed by atoms with Crippen LogP contribution in [0.5, 0.6) is 0 Å². The summed E-state index contributed by atoms with van der Waals surface area (Å²) in [5.41, 5.74) is 1.19. The van der Waals surface area contributed by atoms with Gasteiger partial charge in [-0.3, -0.25) is 4.99 Å². The summed E-state index contributed by atoms with van der Waals surface area (Å²) in [6.07, 6.45) is 2.29. The predicted molar refractivity (Wildman–Crippen MR) is 88.4 cm³/mol. The number of nitrogens with zero attached hydrogens (tertiary/aromatic N) is 2. The Morgan fingerprint density at radius 1 is 1.50 bits per heavy atom. The second kappa shape index (κ2) is 6.54. The number of ether oxygens (including phenoxy) is 1. The minimum atomic E-state index is -0.224. The van der Waals surface area contributed by atoms with E-state index in [-0.39, 0.29) is 5.82 Å². The highest BCUT2D eigenvalue weighted by Crippen LogP contribution is 2.38. The van der Waals surface area contributed by atoms with Crippen LogP contribution in [0.15, 0.2) is 27.7 Å². The first kappa shape index (κ1) is 15.7. The molecular formula is C16H21BrFN3O. The monoisotopic (exact) mass is 369 g/mol. The van der Waals surface area contributed by atoms with Gasteiger partial charge in [-0.15, -0.1) is 0 Å². The largest absolute Gasteiger partial charge is 0.381 e. The van der Waals surface area contributed by atoms with Gasteiger partial charge in [0.2, 0.25) is 0 Å². The molecule has 1 atom stereocenters. The fraction of sp³-hybridized carbons (Fsp3) is 0.562. The molecule has 0 radical (unpaired) electrons. The van der Waals surface area contributed by atoms with Crippen molar-refractivity contribution in [2.24, 2.45) is 10.4 Å². The summed E-state index contributed by atoms with van der Waals surface area (Å²) in [4.78, 5) is 6.65. The van der Waals surface area contributed by atoms with Crippen molar-refractivity contribution in [1.29, 1.82) is 0 Å². The van der Waals surface area contributed by atoms with Gasteiger partial charge >= 0.3 is 0 Å². The standard InChI is InChI=1S/C16H21BrFN3O/c1-19-15(20-9-12-8-13(18)2-3-14(12)17)21-6-4-16(10-21)5-7-22-11-16/h2-3,8H,4-7,9-11H2,1H3,(H,19,20). The minimum Gasteiger partial charge on any atom is -0.381 e. The molecule has 6 heteroatoms. The van der Waals surface area contributed by atoms with E-state index in [1.807, 2.05) is 0 Å². The number of nitrogens with one attached hydrogen (secondary N) is 1. The highest BCUT2D eigenvalue weighted by Gasteiger charge is 2.42. The Bertz CT molecular complexity index is 573. The Morgan fingerprint density at radius 2 is 2.36 bits per heavy atom. The lowest BCUT2D eigenvalue weighted by atomic mass is 9.87. The van der Waals surface area contributed by atoms with E-state index in [2.05, 4.69) is 31.1 Å². The van der Waals surface area contributed by atoms with Crippen LogP contribution in [-0.2, 0) is 11.3 Å². The Labute approximate surface area is 138 Å². The van der Waals surface area contributed by atoms with Gasteiger partial charge in [0.15, 0.2) is 5.96 Å². The Balaban J connectivity index is 1.62. The number of hydrogen-bond donors (Lipinski definition) is 1. The highest BCUT2D eigenvalue weighted by molar-refractivity contribution is 9.10. The molecule has 1 aromatic rings. The SMILES string of the molecule is CN=C(NCc1cc(F)ccc1Br)N1CCC2(CCOC2)C1. The summed E-state index contributed by atoms with van der Waals surface area (Å²) in [6.45, 7) is 4.25. The molecule has 2 heterocycles. The fourth-order valence-electron chi connectivity index (χ4n) is 3.27. The van der Waals surface area contributed by atoms with E-state index in [0.717, 1.165) is 55.1 Å². The first-order chi connectivity index (χ1) is 10.6. The summed E-state index contributed by atoms with van der Waals surface area (Å²) >= 11 is 3.46. The van der Waals surface area contributed by atoms with Gasteiger partial charge in [-0.1, -0.05) is 15.9 Å². The fourth-order valence-corrected chi connectivity index (χ4v) is 3.66. The molecule has 2 fully saturated rings. The van der Waals surface area contributed by atoms with Gasteiger partial charge in [-0.05, 0) is 36.6 Å². The second-order valence-electron chi connectivity index (χ2n) is 6.11. The van der Waals surface area contributed by atoms with E-state index < -0.39 is 0 Å². The lowest BCUT2D eigenvalue weighted by Crippen LogP contribution is -2.41. The smallest absolute Gasteiger partial charge is 0.193 e. The summed E-state index contributed by atoms with van der Waals surface area (Å²) in [5.74, 6) is 0.651. The predicted octanol–water partition coefficient (Wildman–Crippen LogP) is 2.78. The molecule has 2 aliphatic heterocycles. The summed E-state index contributed by atoms with van der Waals surface area (Å²) in [5, 5.41) is 3.34. The van der Waals surface area contributed by atoms with Crippen molar-refractivity contribution in [3.05, 3.63) is 34.1 Å². The molecular weight excluding hydrogens is 349 g/mol. The number of guanidine groups is 1. The number of likely N-dealkylation sites (tertiary alicyclic amines) is 1. The molecule has 1 unspecified atom stereocenters. The third kappa shape index (κ3) is 3.27. The minimum absolute atomic E-state index is 0.224. The van der Waals surface area contributed by atoms with Crippen LogP contribution in [-0.4, -0.2) is 44.2 Å². The van der Waals surface area contributed by atoms with Crippen LogP contribution in [0.4, 0.5) is 4.39 Å². The molecule has 3 rings (SSSR count). The molecule has 1 spiro atoms. The Morgan fingerprint density at radius 3 is 3.09 bits per heavy atom. The number of hydrogen-bond acceptors (Lipinski definition) is 2. The third-order valence-corrected chi connectivity index (χ3v) is 5.35. The lowest BCUT2D eigenvalue weighted by Gasteiger charge is -2.25. The Kier molecular flexibility index (Phi) is 4.68. The number of halogens is 2. The van der Waals surface area contributed by atoms with E-state index >= 15 is 0 Å². The van der Waals surface area contributed by atoms with E-state index in [4.69, 9.17) is 4.74 Å². The van der Waals surface area contributed by atoms with Crippen LogP contribution in [0.25, 0.3) is 0 Å². The van der Waals surface area contributed by atoms with Gasteiger partial charge in [0.1, 0.15) is 5.82 Å². The molecule has 0 saturated carbocycles. The van der Waals surface area contributed by atoms with E-state index in [0.29, 0.717) is 12.0 Å². The van der Waals surface area contributed by atoms with E-state index in [1.54, 1.807) is 19.2 Å². The van der Waals surface area contributed by atoms with Crippen LogP contribution in [0.1, 0.15) is 18.4 Å². The van der Waals surface area contributed by atoms with Gasteiger partial charge in [0.05, 0.1) is 6.61 Å². The van der Waals surface area contributed by atoms with Gasteiger partial charge in [0.25, 0.3) is 0 Å². The van der Waals surface area contributed by atoms with Crippen molar-refractivity contribution in [1.82, 2.24) is 10.2 Å². The summed E-state index contributed by atoms with van der Waals surface area (Å²) < 4.78 is 19.8. The summed E-state index contributed by atoms with van der Waals surface area (Å²) in [6, 6.07) is 4.73. The molecule has 0 bridgehead atoms. The van der Waals surface area contributed by atoms with Crippen LogP contribution < -0.4 is 5.32 Å². The van der Waals surface area contributed by atoms with Crippen LogP contribution in [0.2, 0.25) is 0 Å². The van der Waals surface area contributed by atoms with Gasteiger partial charge in [-0.25, -0.2) is 4.39 Å². The van der Waals surface area contributed by atoms with E-state index in [1.165, 1.54) is 6.07 Å². The van der Waals surface area contributed by atoms with Crippen LogP contribution in [0.3, 0.4) is 0 Å². The van der Waals surface area contributed by atoms with Crippen molar-refractivity contribution < 1.29 is 9.13 Å². The van der Waals surface area contributed by atoms with Crippen molar-refractivity contribution in [2.45, 2.75) is 19.4 Å². The average molecular weight is 370 g/mol. The molecule has 0 aliphatic carbocycles. The highest BCUT2D eigenvalue weighted by atomic mass is 79.9. The number of rotatable bonds is 2. The average Bonchev–Trinajstić information content (AvgIpc) is 3.14. The van der Waals surface area contributed by atoms with Gasteiger partial charge in [-0.2, -0.15) is 0 Å². The van der Waals surface area contributed by atoms with E-state index in [9.17, 15) is 4.39 Å².